The van der Waals surface area contributed by atoms with Crippen molar-refractivity contribution in [3.8, 4) is 0 Å². The molecule has 0 bridgehead atoms. The maximum absolute atomic E-state index is 11.7. The third-order valence-corrected chi connectivity index (χ3v) is 3.31. The van der Waals surface area contributed by atoms with Gasteiger partial charge in [0.25, 0.3) is 0 Å². The van der Waals surface area contributed by atoms with Gasteiger partial charge in [-0.25, -0.2) is 0 Å². The number of nitrogens with one attached hydrogen (secondary N) is 1. The van der Waals surface area contributed by atoms with Crippen LogP contribution in [0.3, 0.4) is 0 Å². The second kappa shape index (κ2) is 7.02. The molecule has 0 heterocycles. The molecule has 19 heavy (non-hydrogen) atoms. The Bertz CT molecular complexity index is 584. The molecule has 2 rings (SSSR count). The van der Waals surface area contributed by atoms with Crippen LogP contribution in [0.4, 0.5) is 5.69 Å². The molecule has 0 unspecified atom stereocenters. The summed E-state index contributed by atoms with van der Waals surface area (Å²) in [6, 6.07) is 16.9. The van der Waals surface area contributed by atoms with Crippen molar-refractivity contribution >= 4 is 35.0 Å². The number of carbonyl (C=O) groups excluding carboxylic acids is 1. The maximum atomic E-state index is 11.7. The van der Waals surface area contributed by atoms with Gasteiger partial charge in [-0.1, -0.05) is 47.6 Å². The lowest BCUT2D eigenvalue weighted by Gasteiger charge is -2.01. The highest BCUT2D eigenvalue weighted by molar-refractivity contribution is 8.02. The van der Waals surface area contributed by atoms with E-state index in [0.29, 0.717) is 10.7 Å². The third-order valence-electron chi connectivity index (χ3n) is 2.26. The number of rotatable bonds is 4. The summed E-state index contributed by atoms with van der Waals surface area (Å²) >= 11 is 7.33. The highest BCUT2D eigenvalue weighted by Gasteiger charge is 1.98. The van der Waals surface area contributed by atoms with Crippen molar-refractivity contribution in [3.63, 3.8) is 0 Å². The molecule has 4 heteroatoms. The van der Waals surface area contributed by atoms with Crippen LogP contribution < -0.4 is 5.32 Å². The van der Waals surface area contributed by atoms with E-state index in [1.165, 1.54) is 17.8 Å². The number of amides is 1. The fourth-order valence-electron chi connectivity index (χ4n) is 1.42. The number of halogens is 1. The van der Waals surface area contributed by atoms with E-state index < -0.39 is 0 Å². The number of anilines is 1. The van der Waals surface area contributed by atoms with Crippen molar-refractivity contribution < 1.29 is 4.79 Å². The first-order valence-electron chi connectivity index (χ1n) is 5.69. The molecule has 0 atom stereocenters. The summed E-state index contributed by atoms with van der Waals surface area (Å²) in [5.74, 6) is -0.175. The van der Waals surface area contributed by atoms with Gasteiger partial charge in [0, 0.05) is 21.7 Å². The number of carbonyl (C=O) groups is 1. The minimum absolute atomic E-state index is 0.175. The summed E-state index contributed by atoms with van der Waals surface area (Å²) < 4.78 is 0. The highest BCUT2D eigenvalue weighted by Crippen LogP contribution is 2.18. The second-order valence-corrected chi connectivity index (χ2v) is 5.15. The third kappa shape index (κ3) is 4.81. The van der Waals surface area contributed by atoms with Crippen LogP contribution in [0, 0.1) is 0 Å². The predicted molar refractivity (Wildman–Crippen MR) is 81.5 cm³/mol. The monoisotopic (exact) mass is 289 g/mol. The molecule has 2 aromatic carbocycles. The van der Waals surface area contributed by atoms with Crippen LogP contribution in [0.25, 0.3) is 0 Å². The zero-order valence-corrected chi connectivity index (χ0v) is 11.6. The van der Waals surface area contributed by atoms with Crippen molar-refractivity contribution in [1.82, 2.24) is 0 Å². The number of hydrogen-bond donors (Lipinski definition) is 1. The van der Waals surface area contributed by atoms with Gasteiger partial charge in [0.1, 0.15) is 0 Å². The van der Waals surface area contributed by atoms with Crippen LogP contribution in [0.2, 0.25) is 5.02 Å². The molecular formula is C15H12ClNOS. The molecule has 0 fully saturated rings. The maximum Gasteiger partial charge on any atom is 0.248 e. The Kier molecular flexibility index (Phi) is 5.07. The van der Waals surface area contributed by atoms with Crippen LogP contribution in [0.5, 0.6) is 0 Å². The Balaban J connectivity index is 1.88. The molecule has 96 valence electrons. The standard InChI is InChI=1S/C15H12ClNOS/c16-12-5-4-6-13(11-12)17-15(18)9-10-19-14-7-2-1-3-8-14/h1-11H,(H,17,18). The average molecular weight is 290 g/mol. The van der Waals surface area contributed by atoms with Crippen LogP contribution >= 0.6 is 23.4 Å². The molecular weight excluding hydrogens is 278 g/mol. The van der Waals surface area contributed by atoms with Gasteiger partial charge in [-0.15, -0.1) is 0 Å². The number of hydrogen-bond acceptors (Lipinski definition) is 2. The largest absolute Gasteiger partial charge is 0.322 e. The van der Waals surface area contributed by atoms with Gasteiger partial charge in [0.15, 0.2) is 0 Å². The molecule has 2 nitrogen and oxygen atoms in total. The molecule has 0 spiro atoms. The molecule has 2 aromatic rings. The summed E-state index contributed by atoms with van der Waals surface area (Å²) in [6.07, 6.45) is 1.50. The van der Waals surface area contributed by atoms with E-state index >= 15 is 0 Å². The Morgan fingerprint density at radius 1 is 1.11 bits per heavy atom. The quantitative estimate of drug-likeness (QED) is 0.659. The summed E-state index contributed by atoms with van der Waals surface area (Å²) in [5, 5.41) is 5.10. The van der Waals surface area contributed by atoms with Crippen LogP contribution in [-0.4, -0.2) is 5.91 Å². The lowest BCUT2D eigenvalue weighted by Crippen LogP contribution is -2.07. The minimum Gasteiger partial charge on any atom is -0.322 e. The first-order chi connectivity index (χ1) is 9.24. The molecule has 0 aliphatic carbocycles. The molecule has 0 aliphatic rings. The van der Waals surface area contributed by atoms with E-state index in [2.05, 4.69) is 5.32 Å². The highest BCUT2D eigenvalue weighted by atomic mass is 35.5. The van der Waals surface area contributed by atoms with Gasteiger partial charge in [-0.2, -0.15) is 0 Å². The lowest BCUT2D eigenvalue weighted by molar-refractivity contribution is -0.111. The molecule has 0 saturated carbocycles. The van der Waals surface area contributed by atoms with Crippen molar-refractivity contribution in [2.24, 2.45) is 0 Å². The molecule has 0 aromatic heterocycles. The smallest absolute Gasteiger partial charge is 0.248 e. The van der Waals surface area contributed by atoms with E-state index in [1.54, 1.807) is 29.7 Å². The summed E-state index contributed by atoms with van der Waals surface area (Å²) in [5.41, 5.74) is 0.687. The summed E-state index contributed by atoms with van der Waals surface area (Å²) in [4.78, 5) is 12.8. The van der Waals surface area contributed by atoms with Gasteiger partial charge >= 0.3 is 0 Å². The zero-order chi connectivity index (χ0) is 13.5. The Hall–Kier alpha value is -1.71. The Morgan fingerprint density at radius 3 is 2.63 bits per heavy atom. The summed E-state index contributed by atoms with van der Waals surface area (Å²) in [6.45, 7) is 0. The number of thioether (sulfide) groups is 1. The van der Waals surface area contributed by atoms with Crippen molar-refractivity contribution in [1.29, 1.82) is 0 Å². The Labute approximate surface area is 121 Å². The minimum atomic E-state index is -0.175. The van der Waals surface area contributed by atoms with Crippen LogP contribution in [0.15, 0.2) is 71.0 Å². The lowest BCUT2D eigenvalue weighted by atomic mass is 10.3. The van der Waals surface area contributed by atoms with Crippen molar-refractivity contribution in [2.45, 2.75) is 4.90 Å². The Morgan fingerprint density at radius 2 is 1.89 bits per heavy atom. The van der Waals surface area contributed by atoms with Crippen LogP contribution in [0.1, 0.15) is 0 Å². The zero-order valence-electron chi connectivity index (χ0n) is 10.0. The van der Waals surface area contributed by atoms with E-state index in [1.807, 2.05) is 30.3 Å². The second-order valence-electron chi connectivity index (χ2n) is 3.73. The topological polar surface area (TPSA) is 29.1 Å². The van der Waals surface area contributed by atoms with E-state index in [4.69, 9.17) is 11.6 Å². The van der Waals surface area contributed by atoms with Gasteiger partial charge in [0.05, 0.1) is 0 Å². The fraction of sp³-hybridized carbons (Fsp3) is 0. The van der Waals surface area contributed by atoms with Gasteiger partial charge < -0.3 is 5.32 Å². The predicted octanol–water partition coefficient (Wildman–Crippen LogP) is 4.58. The molecule has 0 radical (unpaired) electrons. The molecule has 0 saturated heterocycles. The van der Waals surface area contributed by atoms with Crippen molar-refractivity contribution in [2.75, 3.05) is 5.32 Å². The average Bonchev–Trinajstić information content (AvgIpc) is 2.40. The SMILES string of the molecule is O=C(C=CSc1ccccc1)Nc1cccc(Cl)c1. The van der Waals surface area contributed by atoms with E-state index in [-0.39, 0.29) is 5.91 Å². The van der Waals surface area contributed by atoms with Gasteiger partial charge in [-0.3, -0.25) is 4.79 Å². The van der Waals surface area contributed by atoms with E-state index in [0.717, 1.165) is 4.90 Å². The molecule has 1 amide bonds. The summed E-state index contributed by atoms with van der Waals surface area (Å²) in [7, 11) is 0. The van der Waals surface area contributed by atoms with Crippen LogP contribution in [-0.2, 0) is 4.79 Å². The molecule has 1 N–H and O–H groups in total. The first-order valence-corrected chi connectivity index (χ1v) is 6.94. The van der Waals surface area contributed by atoms with E-state index in [9.17, 15) is 4.79 Å². The fourth-order valence-corrected chi connectivity index (χ4v) is 2.28. The normalized spacial score (nSPS) is 10.6. The molecule has 0 aliphatic heterocycles. The number of benzene rings is 2. The van der Waals surface area contributed by atoms with Gasteiger partial charge in [0.2, 0.25) is 5.91 Å². The van der Waals surface area contributed by atoms with Gasteiger partial charge in [-0.05, 0) is 35.7 Å². The first kappa shape index (κ1) is 13.7. The van der Waals surface area contributed by atoms with Crippen molar-refractivity contribution in [3.05, 3.63) is 71.1 Å².